The van der Waals surface area contributed by atoms with Gasteiger partial charge in [-0.3, -0.25) is 0 Å². The van der Waals surface area contributed by atoms with E-state index in [1.165, 1.54) is 7.11 Å². The number of hydrogen-bond donors (Lipinski definition) is 0. The number of ether oxygens (including phenoxy) is 1. The molecule has 0 radical (unpaired) electrons. The zero-order valence-electron chi connectivity index (χ0n) is 8.08. The minimum absolute atomic E-state index is 0.0358. The predicted molar refractivity (Wildman–Crippen MR) is 52.0 cm³/mol. The Labute approximate surface area is 84.9 Å². The lowest BCUT2D eigenvalue weighted by Gasteiger charge is -2.04. The van der Waals surface area contributed by atoms with Crippen LogP contribution in [-0.4, -0.2) is 17.0 Å². The van der Waals surface area contributed by atoms with Crippen LogP contribution in [0.15, 0.2) is 29.1 Å². The Kier molecular flexibility index (Phi) is 2.34. The fraction of sp³-hybridized carbons (Fsp3) is 0.222. The molecule has 2 aromatic rings. The van der Waals surface area contributed by atoms with Crippen LogP contribution in [0.3, 0.4) is 0 Å². The molecule has 1 heterocycles. The first-order valence-corrected chi connectivity index (χ1v) is 4.32. The van der Waals surface area contributed by atoms with Crippen LogP contribution >= 0.6 is 0 Å². The maximum atomic E-state index is 11.7. The van der Waals surface area contributed by atoms with Crippen LogP contribution in [0.25, 0.3) is 10.9 Å². The Balaban J connectivity index is 2.79. The van der Waals surface area contributed by atoms with E-state index in [1.807, 2.05) is 0 Å². The molecule has 6 nitrogen and oxygen atoms in total. The minimum Gasteiger partial charge on any atom is -0.691 e. The van der Waals surface area contributed by atoms with E-state index < -0.39 is 0 Å². The van der Waals surface area contributed by atoms with Crippen LogP contribution in [0.2, 0.25) is 0 Å². The Morgan fingerprint density at radius 2 is 2.27 bits per heavy atom. The highest BCUT2D eigenvalue weighted by Crippen LogP contribution is 2.01. The highest BCUT2D eigenvalue weighted by Gasteiger charge is 2.12. The molecular formula is C9H9N3O3. The van der Waals surface area contributed by atoms with E-state index in [-0.39, 0.29) is 17.8 Å². The summed E-state index contributed by atoms with van der Waals surface area (Å²) < 4.78 is 5.74. The highest BCUT2D eigenvalue weighted by molar-refractivity contribution is 5.73. The van der Waals surface area contributed by atoms with Gasteiger partial charge in [-0.25, -0.2) is 4.79 Å². The first kappa shape index (κ1) is 9.60. The molecule has 0 unspecified atom stereocenters. The van der Waals surface area contributed by atoms with Crippen molar-refractivity contribution < 1.29 is 9.58 Å². The van der Waals surface area contributed by atoms with Crippen molar-refractivity contribution >= 4 is 10.9 Å². The molecule has 0 aliphatic carbocycles. The van der Waals surface area contributed by atoms with Gasteiger partial charge in [0.05, 0.1) is 0 Å². The Morgan fingerprint density at radius 1 is 1.53 bits per heavy atom. The minimum atomic E-state index is -0.334. The third kappa shape index (κ3) is 1.55. The van der Waals surface area contributed by atoms with Crippen LogP contribution in [0, 0.1) is 5.21 Å². The van der Waals surface area contributed by atoms with E-state index >= 15 is 0 Å². The SMILES string of the molecule is COCn1n[n+]([O-])c2ccccc2c1=O. The van der Waals surface area contributed by atoms with E-state index in [1.54, 1.807) is 24.3 Å². The molecule has 0 fully saturated rings. The Hall–Kier alpha value is -1.95. The molecule has 1 aromatic carbocycles. The van der Waals surface area contributed by atoms with Crippen molar-refractivity contribution in [2.24, 2.45) is 0 Å². The standard InChI is InChI=1S/C9H9N3O3/c1-15-6-11-9(13)7-4-2-3-5-8(7)12(14)10-11/h2-5H,6H2,1H3. The van der Waals surface area contributed by atoms with E-state index in [0.29, 0.717) is 10.2 Å². The molecular weight excluding hydrogens is 198 g/mol. The molecule has 0 saturated carbocycles. The summed E-state index contributed by atoms with van der Waals surface area (Å²) in [5.74, 6) is 0. The molecule has 6 heteroatoms. The third-order valence-corrected chi connectivity index (χ3v) is 2.02. The van der Waals surface area contributed by atoms with Gasteiger partial charge in [-0.2, -0.15) is 0 Å². The van der Waals surface area contributed by atoms with Gasteiger partial charge in [0.2, 0.25) is 6.73 Å². The van der Waals surface area contributed by atoms with Gasteiger partial charge in [0.1, 0.15) is 10.6 Å². The van der Waals surface area contributed by atoms with Crippen LogP contribution < -0.4 is 10.4 Å². The largest absolute Gasteiger partial charge is 0.691 e. The van der Waals surface area contributed by atoms with Gasteiger partial charge < -0.3 is 9.94 Å². The molecule has 0 bridgehead atoms. The topological polar surface area (TPSA) is 71.1 Å². The van der Waals surface area contributed by atoms with Crippen molar-refractivity contribution in [1.29, 1.82) is 0 Å². The lowest BCUT2D eigenvalue weighted by atomic mass is 10.2. The summed E-state index contributed by atoms with van der Waals surface area (Å²) in [5.41, 5.74) is -0.0746. The molecule has 2 rings (SSSR count). The van der Waals surface area contributed by atoms with Crippen LogP contribution in [0.5, 0.6) is 0 Å². The molecule has 0 spiro atoms. The number of para-hydroxylation sites is 1. The number of hydrogen-bond acceptors (Lipinski definition) is 4. The fourth-order valence-corrected chi connectivity index (χ4v) is 1.35. The number of aromatic nitrogens is 3. The maximum Gasteiger partial charge on any atom is 0.367 e. The Morgan fingerprint density at radius 3 is 3.00 bits per heavy atom. The summed E-state index contributed by atoms with van der Waals surface area (Å²) in [6, 6.07) is 6.51. The van der Waals surface area contributed by atoms with Crippen LogP contribution in [-0.2, 0) is 11.5 Å². The molecule has 1 aromatic heterocycles. The van der Waals surface area contributed by atoms with E-state index in [4.69, 9.17) is 4.74 Å². The average molecular weight is 207 g/mol. The van der Waals surface area contributed by atoms with Gasteiger partial charge in [0.15, 0.2) is 5.52 Å². The second kappa shape index (κ2) is 3.66. The number of rotatable bonds is 2. The van der Waals surface area contributed by atoms with Crippen molar-refractivity contribution in [2.45, 2.75) is 6.73 Å². The van der Waals surface area contributed by atoms with Crippen molar-refractivity contribution in [2.75, 3.05) is 7.11 Å². The highest BCUT2D eigenvalue weighted by atomic mass is 16.5. The molecule has 0 amide bonds. The fourth-order valence-electron chi connectivity index (χ4n) is 1.35. The normalized spacial score (nSPS) is 10.7. The van der Waals surface area contributed by atoms with Gasteiger partial charge in [-0.05, 0) is 12.1 Å². The maximum absolute atomic E-state index is 11.7. The van der Waals surface area contributed by atoms with Gasteiger partial charge in [0, 0.05) is 7.11 Å². The predicted octanol–water partition coefficient (Wildman–Crippen LogP) is -0.366. The van der Waals surface area contributed by atoms with Gasteiger partial charge in [0.25, 0.3) is 0 Å². The first-order valence-electron chi connectivity index (χ1n) is 4.32. The average Bonchev–Trinajstić information content (AvgIpc) is 2.26. The molecule has 78 valence electrons. The number of methoxy groups -OCH3 is 1. The molecule has 0 saturated heterocycles. The molecule has 0 aliphatic rings. The second-order valence-corrected chi connectivity index (χ2v) is 3.00. The summed E-state index contributed by atoms with van der Waals surface area (Å²) in [4.78, 5) is 12.2. The summed E-state index contributed by atoms with van der Waals surface area (Å²) in [7, 11) is 1.43. The smallest absolute Gasteiger partial charge is 0.367 e. The van der Waals surface area contributed by atoms with Gasteiger partial charge >= 0.3 is 5.56 Å². The summed E-state index contributed by atoms with van der Waals surface area (Å²) in [6.07, 6.45) is 0. The zero-order valence-corrected chi connectivity index (χ0v) is 8.08. The zero-order chi connectivity index (χ0) is 10.8. The lowest BCUT2D eigenvalue weighted by molar-refractivity contribution is -0.653. The van der Waals surface area contributed by atoms with Gasteiger partial charge in [-0.15, -0.1) is 4.85 Å². The number of fused-ring (bicyclic) bond motifs is 1. The number of benzene rings is 1. The van der Waals surface area contributed by atoms with Crippen LogP contribution in [0.4, 0.5) is 0 Å². The lowest BCUT2D eigenvalue weighted by Crippen LogP contribution is -2.42. The van der Waals surface area contributed by atoms with Crippen LogP contribution in [0.1, 0.15) is 0 Å². The summed E-state index contributed by atoms with van der Waals surface area (Å²) in [5, 5.41) is 15.3. The van der Waals surface area contributed by atoms with Crippen molar-refractivity contribution in [1.82, 2.24) is 9.90 Å². The van der Waals surface area contributed by atoms with Gasteiger partial charge in [-0.1, -0.05) is 16.8 Å². The monoisotopic (exact) mass is 207 g/mol. The quantitative estimate of drug-likeness (QED) is 0.497. The molecule has 0 N–H and O–H groups in total. The third-order valence-electron chi connectivity index (χ3n) is 2.02. The molecule has 0 atom stereocenters. The first-order chi connectivity index (χ1) is 7.24. The molecule has 15 heavy (non-hydrogen) atoms. The summed E-state index contributed by atoms with van der Waals surface area (Å²) >= 11 is 0. The van der Waals surface area contributed by atoms with Crippen molar-refractivity contribution in [3.8, 4) is 0 Å². The van der Waals surface area contributed by atoms with Crippen molar-refractivity contribution in [3.63, 3.8) is 0 Å². The Bertz CT molecular complexity index is 550. The molecule has 0 aliphatic heterocycles. The van der Waals surface area contributed by atoms with E-state index in [0.717, 1.165) is 4.68 Å². The van der Waals surface area contributed by atoms with Crippen molar-refractivity contribution in [3.05, 3.63) is 39.8 Å². The number of nitrogens with zero attached hydrogens (tertiary/aromatic N) is 3. The summed E-state index contributed by atoms with van der Waals surface area (Å²) in [6.45, 7) is -0.0358. The second-order valence-electron chi connectivity index (χ2n) is 3.00. The van der Waals surface area contributed by atoms with E-state index in [9.17, 15) is 10.0 Å². The van der Waals surface area contributed by atoms with E-state index in [2.05, 4.69) is 5.21 Å².